The fourth-order valence-corrected chi connectivity index (χ4v) is 4.99. The van der Waals surface area contributed by atoms with E-state index in [9.17, 15) is 8.42 Å². The SMILES string of the molecule is COC1CCN(S(=O)(=O)c2cc(CCl)cc(C)c2Br)C1. The van der Waals surface area contributed by atoms with Crippen molar-refractivity contribution in [3.8, 4) is 0 Å². The molecule has 1 aliphatic heterocycles. The molecule has 1 unspecified atom stereocenters. The van der Waals surface area contributed by atoms with Crippen molar-refractivity contribution in [1.82, 2.24) is 4.31 Å². The summed E-state index contributed by atoms with van der Waals surface area (Å²) in [5.74, 6) is 0.289. The van der Waals surface area contributed by atoms with Crippen molar-refractivity contribution in [1.29, 1.82) is 0 Å². The largest absolute Gasteiger partial charge is 0.380 e. The van der Waals surface area contributed by atoms with Crippen LogP contribution in [-0.2, 0) is 20.6 Å². The van der Waals surface area contributed by atoms with Gasteiger partial charge >= 0.3 is 0 Å². The normalized spacial score (nSPS) is 20.5. The molecule has 1 aromatic rings. The number of alkyl halides is 1. The van der Waals surface area contributed by atoms with Crippen LogP contribution in [0.4, 0.5) is 0 Å². The highest BCUT2D eigenvalue weighted by Gasteiger charge is 2.34. The molecule has 1 aromatic carbocycles. The second kappa shape index (κ2) is 6.32. The number of aryl methyl sites for hydroxylation is 1. The summed E-state index contributed by atoms with van der Waals surface area (Å²) in [5.41, 5.74) is 1.66. The monoisotopic (exact) mass is 381 g/mol. The fraction of sp³-hybridized carbons (Fsp3) is 0.538. The summed E-state index contributed by atoms with van der Waals surface area (Å²) >= 11 is 9.21. The third kappa shape index (κ3) is 3.04. The van der Waals surface area contributed by atoms with Crippen LogP contribution >= 0.6 is 27.5 Å². The fourth-order valence-electron chi connectivity index (χ4n) is 2.32. The van der Waals surface area contributed by atoms with Gasteiger partial charge in [0.2, 0.25) is 10.0 Å². The van der Waals surface area contributed by atoms with Crippen LogP contribution in [0.2, 0.25) is 0 Å². The molecule has 0 spiro atoms. The van der Waals surface area contributed by atoms with Crippen molar-refractivity contribution >= 4 is 37.6 Å². The highest BCUT2D eigenvalue weighted by atomic mass is 79.9. The van der Waals surface area contributed by atoms with E-state index < -0.39 is 10.0 Å². The van der Waals surface area contributed by atoms with Crippen molar-refractivity contribution in [3.63, 3.8) is 0 Å². The molecule has 1 heterocycles. The molecule has 2 rings (SSSR count). The topological polar surface area (TPSA) is 46.6 Å². The van der Waals surface area contributed by atoms with E-state index in [1.165, 1.54) is 4.31 Å². The van der Waals surface area contributed by atoms with Crippen LogP contribution in [-0.4, -0.2) is 39.0 Å². The van der Waals surface area contributed by atoms with Gasteiger partial charge in [-0.2, -0.15) is 4.31 Å². The van der Waals surface area contributed by atoms with Gasteiger partial charge in [0.15, 0.2) is 0 Å². The van der Waals surface area contributed by atoms with Gasteiger partial charge in [-0.15, -0.1) is 11.6 Å². The average molecular weight is 383 g/mol. The maximum atomic E-state index is 12.7. The first-order valence-electron chi connectivity index (χ1n) is 6.28. The summed E-state index contributed by atoms with van der Waals surface area (Å²) in [6, 6.07) is 3.53. The third-order valence-corrected chi connectivity index (χ3v) is 7.01. The zero-order valence-electron chi connectivity index (χ0n) is 11.4. The molecule has 4 nitrogen and oxygen atoms in total. The maximum absolute atomic E-state index is 12.7. The van der Waals surface area contributed by atoms with Crippen LogP contribution < -0.4 is 0 Å². The number of methoxy groups -OCH3 is 1. The predicted molar refractivity (Wildman–Crippen MR) is 82.6 cm³/mol. The molecule has 0 radical (unpaired) electrons. The van der Waals surface area contributed by atoms with E-state index >= 15 is 0 Å². The van der Waals surface area contributed by atoms with Crippen molar-refractivity contribution < 1.29 is 13.2 Å². The Bertz CT molecular complexity index is 606. The lowest BCUT2D eigenvalue weighted by molar-refractivity contribution is 0.115. The molecule has 1 aliphatic rings. The van der Waals surface area contributed by atoms with Crippen LogP contribution in [0.1, 0.15) is 17.5 Å². The summed E-state index contributed by atoms with van der Waals surface area (Å²) in [4.78, 5) is 0.282. The second-order valence-electron chi connectivity index (χ2n) is 4.87. The van der Waals surface area contributed by atoms with Crippen LogP contribution in [0.15, 0.2) is 21.5 Å². The quantitative estimate of drug-likeness (QED) is 0.752. The molecule has 1 saturated heterocycles. The van der Waals surface area contributed by atoms with E-state index in [1.807, 2.05) is 13.0 Å². The lowest BCUT2D eigenvalue weighted by atomic mass is 10.2. The maximum Gasteiger partial charge on any atom is 0.244 e. The van der Waals surface area contributed by atoms with E-state index in [2.05, 4.69) is 15.9 Å². The minimum absolute atomic E-state index is 0.0270. The van der Waals surface area contributed by atoms with Crippen molar-refractivity contribution in [2.45, 2.75) is 30.2 Å². The molecule has 0 bridgehead atoms. The Balaban J connectivity index is 2.42. The lowest BCUT2D eigenvalue weighted by Gasteiger charge is -2.18. The van der Waals surface area contributed by atoms with Gasteiger partial charge in [-0.05, 0) is 46.5 Å². The second-order valence-corrected chi connectivity index (χ2v) is 7.83. The Kier molecular flexibility index (Phi) is 5.13. The van der Waals surface area contributed by atoms with Gasteiger partial charge in [0.1, 0.15) is 0 Å². The van der Waals surface area contributed by atoms with Gasteiger partial charge < -0.3 is 4.74 Å². The van der Waals surface area contributed by atoms with Gasteiger partial charge in [0.05, 0.1) is 11.0 Å². The number of rotatable bonds is 4. The van der Waals surface area contributed by atoms with Crippen molar-refractivity contribution in [2.75, 3.05) is 20.2 Å². The average Bonchev–Trinajstić information content (AvgIpc) is 2.91. The summed E-state index contributed by atoms with van der Waals surface area (Å²) in [6.45, 7) is 2.74. The van der Waals surface area contributed by atoms with E-state index in [1.54, 1.807) is 13.2 Å². The van der Waals surface area contributed by atoms with E-state index in [-0.39, 0.29) is 16.9 Å². The first-order chi connectivity index (χ1) is 9.40. The highest BCUT2D eigenvalue weighted by molar-refractivity contribution is 9.10. The summed E-state index contributed by atoms with van der Waals surface area (Å²) in [5, 5.41) is 0. The molecule has 1 atom stereocenters. The van der Waals surface area contributed by atoms with Crippen LogP contribution in [0.25, 0.3) is 0 Å². The molecule has 0 aromatic heterocycles. The zero-order valence-corrected chi connectivity index (χ0v) is 14.6. The molecule has 20 heavy (non-hydrogen) atoms. The van der Waals surface area contributed by atoms with Crippen LogP contribution in [0.3, 0.4) is 0 Å². The zero-order chi connectivity index (χ0) is 14.9. The molecule has 1 fully saturated rings. The highest BCUT2D eigenvalue weighted by Crippen LogP contribution is 2.31. The molecular weight excluding hydrogens is 366 g/mol. The number of sulfonamides is 1. The molecule has 0 aliphatic carbocycles. The van der Waals surface area contributed by atoms with Gasteiger partial charge in [-0.3, -0.25) is 0 Å². The number of benzene rings is 1. The Morgan fingerprint density at radius 1 is 1.50 bits per heavy atom. The van der Waals surface area contributed by atoms with Gasteiger partial charge in [-0.25, -0.2) is 8.42 Å². The van der Waals surface area contributed by atoms with Gasteiger partial charge in [0, 0.05) is 30.6 Å². The summed E-state index contributed by atoms with van der Waals surface area (Å²) < 4.78 is 32.8. The Hall–Kier alpha value is -0.140. The molecule has 0 N–H and O–H groups in total. The molecule has 112 valence electrons. The Morgan fingerprint density at radius 2 is 2.20 bits per heavy atom. The van der Waals surface area contributed by atoms with Gasteiger partial charge in [-0.1, -0.05) is 6.07 Å². The molecule has 7 heteroatoms. The summed E-state index contributed by atoms with van der Waals surface area (Å²) in [6.07, 6.45) is 0.697. The van der Waals surface area contributed by atoms with E-state index in [0.717, 1.165) is 17.5 Å². The number of halogens is 2. The Morgan fingerprint density at radius 3 is 2.75 bits per heavy atom. The minimum atomic E-state index is -3.52. The van der Waals surface area contributed by atoms with E-state index in [0.29, 0.717) is 17.6 Å². The lowest BCUT2D eigenvalue weighted by Crippen LogP contribution is -2.30. The van der Waals surface area contributed by atoms with Crippen molar-refractivity contribution in [3.05, 3.63) is 27.7 Å². The number of hydrogen-bond donors (Lipinski definition) is 0. The van der Waals surface area contributed by atoms with Crippen LogP contribution in [0.5, 0.6) is 0 Å². The molecule has 0 amide bonds. The number of ether oxygens (including phenoxy) is 1. The number of nitrogens with zero attached hydrogens (tertiary/aromatic N) is 1. The van der Waals surface area contributed by atoms with Crippen molar-refractivity contribution in [2.24, 2.45) is 0 Å². The molecular formula is C13H17BrClNO3S. The smallest absolute Gasteiger partial charge is 0.244 e. The predicted octanol–water partition coefficient (Wildman–Crippen LogP) is 2.91. The standard InChI is InChI=1S/C13H17BrClNO3S/c1-9-5-10(7-15)6-12(13(9)14)20(17,18)16-4-3-11(8-16)19-2/h5-6,11H,3-4,7-8H2,1-2H3. The first-order valence-corrected chi connectivity index (χ1v) is 9.05. The summed E-state index contributed by atoms with van der Waals surface area (Å²) in [7, 11) is -1.91. The Labute approximate surface area is 133 Å². The first kappa shape index (κ1) is 16.2. The minimum Gasteiger partial charge on any atom is -0.380 e. The van der Waals surface area contributed by atoms with Gasteiger partial charge in [0.25, 0.3) is 0 Å². The molecule has 0 saturated carbocycles. The van der Waals surface area contributed by atoms with Crippen LogP contribution in [0, 0.1) is 6.92 Å². The van der Waals surface area contributed by atoms with E-state index in [4.69, 9.17) is 16.3 Å². The third-order valence-electron chi connectivity index (χ3n) is 3.49. The number of hydrogen-bond acceptors (Lipinski definition) is 3.